The summed E-state index contributed by atoms with van der Waals surface area (Å²) in [6.45, 7) is 1.90. The predicted octanol–water partition coefficient (Wildman–Crippen LogP) is 1.59. The van der Waals surface area contributed by atoms with Crippen molar-refractivity contribution in [2.45, 2.75) is 31.2 Å². The van der Waals surface area contributed by atoms with Crippen molar-refractivity contribution >= 4 is 23.5 Å². The molecule has 4 atom stereocenters. The molecule has 4 amide bonds. The van der Waals surface area contributed by atoms with E-state index in [9.17, 15) is 27.6 Å². The van der Waals surface area contributed by atoms with E-state index in [0.29, 0.717) is 11.0 Å². The minimum absolute atomic E-state index is 0.155. The first-order valence-corrected chi connectivity index (χ1v) is 9.17. The van der Waals surface area contributed by atoms with Crippen LogP contribution in [0.25, 0.3) is 0 Å². The van der Waals surface area contributed by atoms with Crippen LogP contribution >= 0.6 is 0 Å². The average Bonchev–Trinajstić information content (AvgIpc) is 3.26. The molecule has 11 heteroatoms. The fourth-order valence-electron chi connectivity index (χ4n) is 4.75. The van der Waals surface area contributed by atoms with Crippen molar-refractivity contribution in [3.8, 4) is 6.07 Å². The van der Waals surface area contributed by atoms with Gasteiger partial charge in [-0.15, -0.1) is 0 Å². The van der Waals surface area contributed by atoms with E-state index in [-0.39, 0.29) is 30.7 Å². The molecular weight excluding hydrogens is 405 g/mol. The molecule has 4 rings (SSSR count). The number of carbonyl (C=O) groups excluding carboxylic acids is 3. The molecule has 1 aromatic rings. The molecule has 1 aromatic carbocycles. The molecule has 3 aliphatic rings. The van der Waals surface area contributed by atoms with E-state index >= 15 is 0 Å². The number of nitriles is 1. The van der Waals surface area contributed by atoms with Gasteiger partial charge in [0.15, 0.2) is 0 Å². The molecule has 2 bridgehead atoms. The number of rotatable bonds is 3. The number of carbonyl (C=O) groups is 3. The number of ether oxygens (including phenoxy) is 1. The van der Waals surface area contributed by atoms with Gasteiger partial charge in [0.2, 0.25) is 5.91 Å². The van der Waals surface area contributed by atoms with Gasteiger partial charge in [0.05, 0.1) is 35.0 Å². The highest BCUT2D eigenvalue weighted by Gasteiger charge is 2.66. The first kappa shape index (κ1) is 20.2. The number of likely N-dealkylation sites (tertiary alicyclic amines) is 1. The normalized spacial score (nSPS) is 27.7. The molecule has 3 saturated heterocycles. The van der Waals surface area contributed by atoms with E-state index in [4.69, 9.17) is 10.00 Å². The van der Waals surface area contributed by atoms with Crippen LogP contribution in [0.2, 0.25) is 0 Å². The fraction of sp³-hybridized carbons (Fsp3) is 0.474. The summed E-state index contributed by atoms with van der Waals surface area (Å²) < 4.78 is 44.8. The van der Waals surface area contributed by atoms with Crippen LogP contribution in [0.15, 0.2) is 18.2 Å². The minimum Gasteiger partial charge on any atom is -0.375 e. The Morgan fingerprint density at radius 1 is 1.33 bits per heavy atom. The van der Waals surface area contributed by atoms with E-state index in [0.717, 1.165) is 12.1 Å². The lowest BCUT2D eigenvalue weighted by atomic mass is 9.99. The summed E-state index contributed by atoms with van der Waals surface area (Å²) in [5.41, 5.74) is -2.08. The monoisotopic (exact) mass is 422 g/mol. The van der Waals surface area contributed by atoms with Gasteiger partial charge in [0.1, 0.15) is 12.6 Å². The summed E-state index contributed by atoms with van der Waals surface area (Å²) in [4.78, 5) is 42.1. The van der Waals surface area contributed by atoms with Crippen LogP contribution in [-0.4, -0.2) is 66.0 Å². The zero-order valence-electron chi connectivity index (χ0n) is 16.0. The van der Waals surface area contributed by atoms with Crippen LogP contribution in [0.5, 0.6) is 0 Å². The number of piperazine rings is 1. The second-order valence-corrected chi connectivity index (χ2v) is 7.54. The van der Waals surface area contributed by atoms with Crippen molar-refractivity contribution in [3.05, 3.63) is 29.3 Å². The van der Waals surface area contributed by atoms with E-state index in [2.05, 4.69) is 0 Å². The molecule has 8 nitrogen and oxygen atoms in total. The smallest absolute Gasteiger partial charge is 0.375 e. The maximum Gasteiger partial charge on any atom is 0.417 e. The summed E-state index contributed by atoms with van der Waals surface area (Å²) in [7, 11) is 1.37. The van der Waals surface area contributed by atoms with E-state index in [1.54, 1.807) is 0 Å². The Balaban J connectivity index is 1.71. The van der Waals surface area contributed by atoms with Crippen molar-refractivity contribution in [1.29, 1.82) is 5.26 Å². The molecular formula is C19H17F3N4O4. The van der Waals surface area contributed by atoms with Crippen molar-refractivity contribution < 1.29 is 32.3 Å². The predicted molar refractivity (Wildman–Crippen MR) is 95.0 cm³/mol. The molecule has 30 heavy (non-hydrogen) atoms. The average molecular weight is 422 g/mol. The Kier molecular flexibility index (Phi) is 4.50. The Labute approximate surface area is 169 Å². The second-order valence-electron chi connectivity index (χ2n) is 7.54. The number of alkyl halides is 3. The van der Waals surface area contributed by atoms with Gasteiger partial charge in [-0.1, -0.05) is 6.92 Å². The van der Waals surface area contributed by atoms with Gasteiger partial charge in [-0.05, 0) is 18.2 Å². The molecule has 0 N–H and O–H groups in total. The third-order valence-corrected chi connectivity index (χ3v) is 6.03. The van der Waals surface area contributed by atoms with Crippen LogP contribution in [0, 0.1) is 17.2 Å². The van der Waals surface area contributed by atoms with Gasteiger partial charge in [-0.2, -0.15) is 18.4 Å². The molecule has 0 aliphatic carbocycles. The van der Waals surface area contributed by atoms with Crippen LogP contribution in [0.4, 0.5) is 23.7 Å². The van der Waals surface area contributed by atoms with Crippen LogP contribution in [0.3, 0.4) is 0 Å². The number of imide groups is 1. The molecule has 158 valence electrons. The summed E-state index contributed by atoms with van der Waals surface area (Å²) in [5.74, 6) is -1.16. The summed E-state index contributed by atoms with van der Waals surface area (Å²) in [5, 5.41) is 8.95. The summed E-state index contributed by atoms with van der Waals surface area (Å²) in [6, 6.07) is 1.52. The molecule has 0 spiro atoms. The SMILES string of the molecule is COCC(=O)N1CC2[C@@H](C)C1[C@@H]1C(=O)N(c3ccc(C#N)c(C(F)(F)F)c3)C(=O)N21. The quantitative estimate of drug-likeness (QED) is 0.690. The first-order chi connectivity index (χ1) is 14.1. The molecule has 2 unspecified atom stereocenters. The Morgan fingerprint density at radius 2 is 2.03 bits per heavy atom. The number of urea groups is 1. The maximum atomic E-state index is 13.3. The maximum absolute atomic E-state index is 13.3. The van der Waals surface area contributed by atoms with Gasteiger partial charge in [-0.25, -0.2) is 9.69 Å². The van der Waals surface area contributed by atoms with Crippen molar-refractivity contribution in [2.24, 2.45) is 5.92 Å². The Morgan fingerprint density at radius 3 is 2.63 bits per heavy atom. The summed E-state index contributed by atoms with van der Waals surface area (Å²) >= 11 is 0. The van der Waals surface area contributed by atoms with E-state index < -0.39 is 47.4 Å². The van der Waals surface area contributed by atoms with Crippen molar-refractivity contribution in [1.82, 2.24) is 9.80 Å². The number of benzene rings is 1. The lowest BCUT2D eigenvalue weighted by Crippen LogP contribution is -2.55. The van der Waals surface area contributed by atoms with Gasteiger partial charge in [0, 0.05) is 19.6 Å². The zero-order chi connectivity index (χ0) is 22.0. The number of nitrogens with zero attached hydrogens (tertiary/aromatic N) is 4. The topological polar surface area (TPSA) is 94.0 Å². The van der Waals surface area contributed by atoms with E-state index in [1.165, 1.54) is 23.0 Å². The van der Waals surface area contributed by atoms with Crippen molar-refractivity contribution in [3.63, 3.8) is 0 Å². The Bertz CT molecular complexity index is 989. The minimum atomic E-state index is -4.82. The zero-order valence-corrected chi connectivity index (χ0v) is 16.0. The molecule has 3 heterocycles. The standard InChI is InChI=1S/C19H17F3N4O4/c1-9-13-7-24(14(27)8-30-2)15(9)16-17(28)25(18(29)26(13)16)11-4-3-10(6-23)12(5-11)19(20,21)22/h3-5,9,13,15-16H,7-8H2,1-2H3/t9-,13?,15?,16-/m1/s1. The van der Waals surface area contributed by atoms with Crippen LogP contribution in [-0.2, 0) is 20.5 Å². The largest absolute Gasteiger partial charge is 0.417 e. The van der Waals surface area contributed by atoms with Gasteiger partial charge >= 0.3 is 12.2 Å². The number of fused-ring (bicyclic) bond motifs is 5. The molecule has 3 aliphatic heterocycles. The number of anilines is 1. The number of amides is 4. The highest BCUT2D eigenvalue weighted by atomic mass is 19.4. The molecule has 0 saturated carbocycles. The lowest BCUT2D eigenvalue weighted by molar-refractivity contribution is -0.140. The number of hydrogen-bond acceptors (Lipinski definition) is 5. The fourth-order valence-corrected chi connectivity index (χ4v) is 4.75. The highest BCUT2D eigenvalue weighted by molar-refractivity contribution is 6.22. The molecule has 0 aromatic heterocycles. The van der Waals surface area contributed by atoms with Crippen LogP contribution < -0.4 is 4.90 Å². The number of halogens is 3. The van der Waals surface area contributed by atoms with Gasteiger partial charge < -0.3 is 14.5 Å². The van der Waals surface area contributed by atoms with Gasteiger partial charge in [0.25, 0.3) is 5.91 Å². The third-order valence-electron chi connectivity index (χ3n) is 6.03. The first-order valence-electron chi connectivity index (χ1n) is 9.17. The third kappa shape index (κ3) is 2.67. The number of methoxy groups -OCH3 is 1. The molecule has 0 radical (unpaired) electrons. The summed E-state index contributed by atoms with van der Waals surface area (Å²) in [6.07, 6.45) is -4.82. The van der Waals surface area contributed by atoms with E-state index in [1.807, 2.05) is 6.92 Å². The van der Waals surface area contributed by atoms with Crippen LogP contribution in [0.1, 0.15) is 18.1 Å². The Hall–Kier alpha value is -3.13. The highest BCUT2D eigenvalue weighted by Crippen LogP contribution is 2.46. The lowest BCUT2D eigenvalue weighted by Gasteiger charge is -2.34. The van der Waals surface area contributed by atoms with Gasteiger partial charge in [-0.3, -0.25) is 9.59 Å². The second kappa shape index (κ2) is 6.70. The number of hydrogen-bond donors (Lipinski definition) is 0. The molecule has 3 fully saturated rings. The van der Waals surface area contributed by atoms with Crippen molar-refractivity contribution in [2.75, 3.05) is 25.2 Å².